The largest absolute Gasteiger partial charge is 0.462 e. The minimum atomic E-state index is -4.67. The molecule has 136 valence electrons. The lowest BCUT2D eigenvalue weighted by molar-refractivity contribution is -0.137. The Morgan fingerprint density at radius 3 is 2.60 bits per heavy atom. The third-order valence-electron chi connectivity index (χ3n) is 3.15. The van der Waals surface area contributed by atoms with E-state index in [9.17, 15) is 26.4 Å². The number of halogens is 3. The van der Waals surface area contributed by atoms with Gasteiger partial charge in [0, 0.05) is 0 Å². The summed E-state index contributed by atoms with van der Waals surface area (Å²) in [5.41, 5.74) is -0.532. The van der Waals surface area contributed by atoms with Gasteiger partial charge in [-0.1, -0.05) is 6.07 Å². The van der Waals surface area contributed by atoms with Crippen molar-refractivity contribution in [2.24, 2.45) is 0 Å². The van der Waals surface area contributed by atoms with Gasteiger partial charge in [0.15, 0.2) is 0 Å². The number of anilines is 1. The number of rotatable bonds is 5. The number of benzene rings is 1. The van der Waals surface area contributed by atoms with Crippen LogP contribution in [0.4, 0.5) is 18.2 Å². The van der Waals surface area contributed by atoms with E-state index in [2.05, 4.69) is 4.72 Å². The van der Waals surface area contributed by atoms with Gasteiger partial charge in [-0.05, 0) is 43.0 Å². The van der Waals surface area contributed by atoms with E-state index in [1.54, 1.807) is 19.2 Å². The number of ether oxygens (including phenoxy) is 1. The van der Waals surface area contributed by atoms with E-state index in [4.69, 9.17) is 4.74 Å². The molecular weight excluding hydrogens is 379 g/mol. The quantitative estimate of drug-likeness (QED) is 0.778. The van der Waals surface area contributed by atoms with E-state index >= 15 is 0 Å². The molecule has 0 bridgehead atoms. The maximum absolute atomic E-state index is 12.8. The van der Waals surface area contributed by atoms with Crippen molar-refractivity contribution in [3.8, 4) is 0 Å². The second kappa shape index (κ2) is 7.04. The summed E-state index contributed by atoms with van der Waals surface area (Å²) >= 11 is 0.948. The maximum atomic E-state index is 12.8. The van der Waals surface area contributed by atoms with Gasteiger partial charge in [-0.15, -0.1) is 11.3 Å². The molecule has 0 atom stereocenters. The van der Waals surface area contributed by atoms with Crippen LogP contribution >= 0.6 is 11.3 Å². The van der Waals surface area contributed by atoms with Crippen molar-refractivity contribution in [3.63, 3.8) is 0 Å². The molecule has 1 aromatic heterocycles. The molecule has 2 rings (SSSR count). The fourth-order valence-electron chi connectivity index (χ4n) is 2.00. The number of alkyl halides is 3. The molecule has 0 saturated carbocycles. The van der Waals surface area contributed by atoms with E-state index in [0.717, 1.165) is 29.5 Å². The van der Waals surface area contributed by atoms with E-state index < -0.39 is 32.6 Å². The van der Waals surface area contributed by atoms with Crippen LogP contribution in [-0.4, -0.2) is 21.0 Å². The van der Waals surface area contributed by atoms with Gasteiger partial charge in [-0.25, -0.2) is 13.2 Å². The minimum absolute atomic E-state index is 0.00615. The first-order chi connectivity index (χ1) is 11.6. The maximum Gasteiger partial charge on any atom is 0.416 e. The molecule has 25 heavy (non-hydrogen) atoms. The summed E-state index contributed by atoms with van der Waals surface area (Å²) in [6, 6.07) is 3.36. The number of nitrogens with one attached hydrogen (secondary N) is 1. The van der Waals surface area contributed by atoms with Gasteiger partial charge in [0.1, 0.15) is 5.00 Å². The van der Waals surface area contributed by atoms with E-state index in [1.807, 2.05) is 0 Å². The molecule has 0 aliphatic carbocycles. The van der Waals surface area contributed by atoms with E-state index in [1.165, 1.54) is 0 Å². The van der Waals surface area contributed by atoms with E-state index in [-0.39, 0.29) is 17.2 Å². The van der Waals surface area contributed by atoms with Crippen LogP contribution in [0.2, 0.25) is 0 Å². The van der Waals surface area contributed by atoms with Crippen molar-refractivity contribution >= 4 is 32.3 Å². The molecule has 0 aliphatic heterocycles. The topological polar surface area (TPSA) is 72.5 Å². The smallest absolute Gasteiger partial charge is 0.416 e. The fraction of sp³-hybridized carbons (Fsp3) is 0.267. The minimum Gasteiger partial charge on any atom is -0.462 e. The molecule has 0 spiro atoms. The standard InChI is InChI=1S/C15H14F3NO4S2/c1-3-23-14(20)12-9(2)8-24-13(12)19-25(21,22)11-6-4-5-10(7-11)15(16,17)18/h4-8,19H,3H2,1-2H3. The summed E-state index contributed by atoms with van der Waals surface area (Å²) in [5, 5.41) is 1.55. The average Bonchev–Trinajstić information content (AvgIpc) is 2.87. The Labute approximate surface area is 146 Å². The van der Waals surface area contributed by atoms with Crippen molar-refractivity contribution in [1.82, 2.24) is 0 Å². The Kier molecular flexibility index (Phi) is 5.43. The number of carbonyl (C=O) groups is 1. The predicted octanol–water partition coefficient (Wildman–Crippen LogP) is 4.05. The predicted molar refractivity (Wildman–Crippen MR) is 87.3 cm³/mol. The normalized spacial score (nSPS) is 12.0. The van der Waals surface area contributed by atoms with Crippen LogP contribution in [0, 0.1) is 6.92 Å². The summed E-state index contributed by atoms with van der Waals surface area (Å²) in [6.07, 6.45) is -4.67. The molecule has 10 heteroatoms. The Morgan fingerprint density at radius 2 is 2.00 bits per heavy atom. The van der Waals surface area contributed by atoms with Gasteiger partial charge in [-0.3, -0.25) is 4.72 Å². The van der Waals surface area contributed by atoms with Crippen LogP contribution in [0.15, 0.2) is 34.5 Å². The van der Waals surface area contributed by atoms with Crippen molar-refractivity contribution < 1.29 is 31.1 Å². The number of esters is 1. The van der Waals surface area contributed by atoms with Gasteiger partial charge in [-0.2, -0.15) is 13.2 Å². The third-order valence-corrected chi connectivity index (χ3v) is 5.64. The van der Waals surface area contributed by atoms with Crippen LogP contribution < -0.4 is 4.72 Å². The Morgan fingerprint density at radius 1 is 1.32 bits per heavy atom. The Bertz CT molecular complexity index is 888. The molecule has 5 nitrogen and oxygen atoms in total. The highest BCUT2D eigenvalue weighted by Gasteiger charge is 2.32. The first kappa shape index (κ1) is 19.3. The van der Waals surface area contributed by atoms with Crippen LogP contribution in [0.25, 0.3) is 0 Å². The zero-order chi connectivity index (χ0) is 18.8. The zero-order valence-corrected chi connectivity index (χ0v) is 14.8. The van der Waals surface area contributed by atoms with Crippen molar-refractivity contribution in [1.29, 1.82) is 0 Å². The molecule has 1 aromatic carbocycles. The van der Waals surface area contributed by atoms with Gasteiger partial charge in [0.25, 0.3) is 10.0 Å². The fourth-order valence-corrected chi connectivity index (χ4v) is 4.30. The number of carbonyl (C=O) groups excluding carboxylic acids is 1. The number of hydrogen-bond donors (Lipinski definition) is 1. The van der Waals surface area contributed by atoms with Gasteiger partial charge < -0.3 is 4.74 Å². The highest BCUT2D eigenvalue weighted by Crippen LogP contribution is 2.33. The Balaban J connectivity index is 2.39. The number of aryl methyl sites for hydroxylation is 1. The molecule has 0 aliphatic rings. The van der Waals surface area contributed by atoms with Crippen molar-refractivity contribution in [3.05, 3.63) is 46.3 Å². The van der Waals surface area contributed by atoms with E-state index in [0.29, 0.717) is 11.6 Å². The van der Waals surface area contributed by atoms with Gasteiger partial charge >= 0.3 is 12.1 Å². The average molecular weight is 393 g/mol. The van der Waals surface area contributed by atoms with Gasteiger partial charge in [0.2, 0.25) is 0 Å². The zero-order valence-electron chi connectivity index (χ0n) is 13.2. The lowest BCUT2D eigenvalue weighted by Crippen LogP contribution is -2.16. The highest BCUT2D eigenvalue weighted by molar-refractivity contribution is 7.93. The molecule has 0 radical (unpaired) electrons. The monoisotopic (exact) mass is 393 g/mol. The molecule has 0 amide bonds. The van der Waals surface area contributed by atoms with Crippen LogP contribution in [0.3, 0.4) is 0 Å². The van der Waals surface area contributed by atoms with Crippen LogP contribution in [0.1, 0.15) is 28.4 Å². The second-order valence-corrected chi connectivity index (χ2v) is 7.54. The first-order valence-electron chi connectivity index (χ1n) is 7.01. The van der Waals surface area contributed by atoms with Crippen molar-refractivity contribution in [2.45, 2.75) is 24.9 Å². The number of thiophene rings is 1. The molecular formula is C15H14F3NO4S2. The first-order valence-corrected chi connectivity index (χ1v) is 9.38. The lowest BCUT2D eigenvalue weighted by Gasteiger charge is -2.11. The Hall–Kier alpha value is -2.07. The van der Waals surface area contributed by atoms with Crippen LogP contribution in [0.5, 0.6) is 0 Å². The lowest BCUT2D eigenvalue weighted by atomic mass is 10.2. The summed E-state index contributed by atoms with van der Waals surface area (Å²) in [7, 11) is -4.30. The van der Waals surface area contributed by atoms with Crippen molar-refractivity contribution in [2.75, 3.05) is 11.3 Å². The SMILES string of the molecule is CCOC(=O)c1c(C)csc1NS(=O)(=O)c1cccc(C(F)(F)F)c1. The molecule has 2 aromatic rings. The molecule has 1 N–H and O–H groups in total. The number of hydrogen-bond acceptors (Lipinski definition) is 5. The number of sulfonamides is 1. The highest BCUT2D eigenvalue weighted by atomic mass is 32.2. The van der Waals surface area contributed by atoms with Crippen LogP contribution in [-0.2, 0) is 20.9 Å². The molecule has 1 heterocycles. The summed E-state index contributed by atoms with van der Waals surface area (Å²) in [6.45, 7) is 3.31. The molecule has 0 fully saturated rings. The molecule has 0 unspecified atom stereocenters. The second-order valence-electron chi connectivity index (χ2n) is 4.97. The third kappa shape index (κ3) is 4.31. The van der Waals surface area contributed by atoms with Gasteiger partial charge in [0.05, 0.1) is 22.6 Å². The summed E-state index contributed by atoms with van der Waals surface area (Å²) < 4.78 is 70.1. The summed E-state index contributed by atoms with van der Waals surface area (Å²) in [5.74, 6) is -0.706. The molecule has 0 saturated heterocycles. The summed E-state index contributed by atoms with van der Waals surface area (Å²) in [4.78, 5) is 11.4.